The second-order valence-electron chi connectivity index (χ2n) is 4.57. The van der Waals surface area contributed by atoms with Gasteiger partial charge in [0.25, 0.3) is 5.91 Å². The summed E-state index contributed by atoms with van der Waals surface area (Å²) >= 11 is 9.32. The maximum Gasteiger partial charge on any atom is 0.255 e. The normalized spacial score (nSPS) is 10.4. The number of halogens is 2. The summed E-state index contributed by atoms with van der Waals surface area (Å²) in [6.07, 6.45) is 0.872. The summed E-state index contributed by atoms with van der Waals surface area (Å²) < 4.78 is 0.788. The molecule has 0 saturated heterocycles. The average Bonchev–Trinajstić information content (AvgIpc) is 2.39. The highest BCUT2D eigenvalue weighted by atomic mass is 79.9. The summed E-state index contributed by atoms with van der Waals surface area (Å²) in [7, 11) is 0. The molecule has 0 aliphatic heterocycles. The van der Waals surface area contributed by atoms with Crippen molar-refractivity contribution in [3.05, 3.63) is 62.6 Å². The largest absolute Gasteiger partial charge is 0.321 e. The smallest absolute Gasteiger partial charge is 0.255 e. The second-order valence-corrected chi connectivity index (χ2v) is 5.93. The molecule has 2 nitrogen and oxygen atoms in total. The maximum absolute atomic E-state index is 12.3. The van der Waals surface area contributed by atoms with E-state index in [0.29, 0.717) is 10.6 Å². The number of carbonyl (C=O) groups excluding carboxylic acids is 1. The fourth-order valence-corrected chi connectivity index (χ4v) is 2.93. The Morgan fingerprint density at radius 2 is 2.05 bits per heavy atom. The maximum atomic E-state index is 12.3. The van der Waals surface area contributed by atoms with Gasteiger partial charge in [0.1, 0.15) is 0 Å². The molecule has 0 saturated carbocycles. The zero-order valence-corrected chi connectivity index (χ0v) is 13.7. The van der Waals surface area contributed by atoms with Gasteiger partial charge < -0.3 is 5.32 Å². The molecule has 0 heterocycles. The minimum Gasteiger partial charge on any atom is -0.321 e. The lowest BCUT2D eigenvalue weighted by molar-refractivity contribution is 0.102. The third-order valence-corrected chi connectivity index (χ3v) is 3.78. The van der Waals surface area contributed by atoms with E-state index in [1.54, 1.807) is 18.2 Å². The summed E-state index contributed by atoms with van der Waals surface area (Å²) in [6, 6.07) is 11.2. The first kappa shape index (κ1) is 15.1. The van der Waals surface area contributed by atoms with Gasteiger partial charge in [-0.2, -0.15) is 0 Å². The van der Waals surface area contributed by atoms with E-state index in [1.165, 1.54) is 0 Å². The van der Waals surface area contributed by atoms with Gasteiger partial charge in [0, 0.05) is 20.7 Å². The van der Waals surface area contributed by atoms with Gasteiger partial charge in [0.15, 0.2) is 0 Å². The van der Waals surface area contributed by atoms with Gasteiger partial charge in [-0.05, 0) is 42.7 Å². The fourth-order valence-electron chi connectivity index (χ4n) is 2.07. The summed E-state index contributed by atoms with van der Waals surface area (Å²) in [6.45, 7) is 4.06. The van der Waals surface area contributed by atoms with Crippen molar-refractivity contribution in [2.45, 2.75) is 20.3 Å². The Labute approximate surface area is 132 Å². The predicted molar refractivity (Wildman–Crippen MR) is 87.7 cm³/mol. The van der Waals surface area contributed by atoms with Crippen LogP contribution in [-0.2, 0) is 6.42 Å². The first-order valence-electron chi connectivity index (χ1n) is 6.37. The van der Waals surface area contributed by atoms with Crippen molar-refractivity contribution in [1.82, 2.24) is 0 Å². The van der Waals surface area contributed by atoms with Crippen LogP contribution in [0.15, 0.2) is 40.9 Å². The van der Waals surface area contributed by atoms with Crippen LogP contribution in [-0.4, -0.2) is 5.91 Å². The van der Waals surface area contributed by atoms with Gasteiger partial charge in [0.2, 0.25) is 0 Å². The minimum atomic E-state index is -0.155. The number of hydrogen-bond acceptors (Lipinski definition) is 1. The molecule has 2 aromatic rings. The predicted octanol–water partition coefficient (Wildman–Crippen LogP) is 5.23. The lowest BCUT2D eigenvalue weighted by atomic mass is 10.1. The SMILES string of the molecule is CCc1cccc(C)c1NC(=O)c1cc(Cl)cc(Br)c1. The van der Waals surface area contributed by atoms with Crippen molar-refractivity contribution in [3.63, 3.8) is 0 Å². The average molecular weight is 353 g/mol. The van der Waals surface area contributed by atoms with E-state index in [1.807, 2.05) is 25.1 Å². The van der Waals surface area contributed by atoms with Gasteiger partial charge in [-0.15, -0.1) is 0 Å². The van der Waals surface area contributed by atoms with Crippen LogP contribution in [0.4, 0.5) is 5.69 Å². The first-order chi connectivity index (χ1) is 9.51. The first-order valence-corrected chi connectivity index (χ1v) is 7.54. The van der Waals surface area contributed by atoms with E-state index < -0.39 is 0 Å². The molecule has 104 valence electrons. The number of anilines is 1. The number of hydrogen-bond donors (Lipinski definition) is 1. The number of aryl methyl sites for hydroxylation is 2. The van der Waals surface area contributed by atoms with Crippen LogP contribution in [0, 0.1) is 6.92 Å². The number of benzene rings is 2. The Kier molecular flexibility index (Phi) is 4.84. The summed E-state index contributed by atoms with van der Waals surface area (Å²) in [5, 5.41) is 3.51. The van der Waals surface area contributed by atoms with Crippen molar-refractivity contribution in [3.8, 4) is 0 Å². The van der Waals surface area contributed by atoms with Crippen LogP contribution in [0.25, 0.3) is 0 Å². The highest BCUT2D eigenvalue weighted by Gasteiger charge is 2.11. The van der Waals surface area contributed by atoms with E-state index in [2.05, 4.69) is 28.2 Å². The van der Waals surface area contributed by atoms with Crippen molar-refractivity contribution < 1.29 is 4.79 Å². The van der Waals surface area contributed by atoms with E-state index in [9.17, 15) is 4.79 Å². The second kappa shape index (κ2) is 6.42. The molecule has 0 fully saturated rings. The lowest BCUT2D eigenvalue weighted by Gasteiger charge is -2.13. The van der Waals surface area contributed by atoms with Crippen molar-refractivity contribution in [2.24, 2.45) is 0 Å². The Balaban J connectivity index is 2.32. The number of nitrogens with one attached hydrogen (secondary N) is 1. The fraction of sp³-hybridized carbons (Fsp3) is 0.188. The van der Waals surface area contributed by atoms with Gasteiger partial charge in [-0.25, -0.2) is 0 Å². The van der Waals surface area contributed by atoms with Crippen molar-refractivity contribution in [2.75, 3.05) is 5.32 Å². The quantitative estimate of drug-likeness (QED) is 0.805. The van der Waals surface area contributed by atoms with E-state index in [0.717, 1.165) is 27.7 Å². The summed E-state index contributed by atoms with van der Waals surface area (Å²) in [5.41, 5.74) is 3.60. The Morgan fingerprint density at radius 3 is 2.70 bits per heavy atom. The Morgan fingerprint density at radius 1 is 1.30 bits per heavy atom. The molecule has 0 spiro atoms. The van der Waals surface area contributed by atoms with Crippen LogP contribution < -0.4 is 5.32 Å². The van der Waals surface area contributed by atoms with Crippen molar-refractivity contribution in [1.29, 1.82) is 0 Å². The number of amides is 1. The molecular weight excluding hydrogens is 338 g/mol. The highest BCUT2D eigenvalue weighted by molar-refractivity contribution is 9.10. The molecule has 0 unspecified atom stereocenters. The number of carbonyl (C=O) groups is 1. The molecule has 20 heavy (non-hydrogen) atoms. The van der Waals surface area contributed by atoms with Crippen molar-refractivity contribution >= 4 is 39.1 Å². The molecule has 1 N–H and O–H groups in total. The van der Waals surface area contributed by atoms with E-state index in [4.69, 9.17) is 11.6 Å². The zero-order chi connectivity index (χ0) is 14.7. The van der Waals surface area contributed by atoms with E-state index in [-0.39, 0.29) is 5.91 Å². The molecule has 2 aromatic carbocycles. The molecule has 0 aliphatic carbocycles. The van der Waals surface area contributed by atoms with Crippen LogP contribution in [0.3, 0.4) is 0 Å². The van der Waals surface area contributed by atoms with Gasteiger partial charge in [0.05, 0.1) is 0 Å². The lowest BCUT2D eigenvalue weighted by Crippen LogP contribution is -2.14. The van der Waals surface area contributed by atoms with E-state index >= 15 is 0 Å². The van der Waals surface area contributed by atoms with Crippen LogP contribution in [0.5, 0.6) is 0 Å². The van der Waals surface area contributed by atoms with Gasteiger partial charge >= 0.3 is 0 Å². The molecule has 0 atom stereocenters. The highest BCUT2D eigenvalue weighted by Crippen LogP contribution is 2.24. The van der Waals surface area contributed by atoms with Gasteiger partial charge in [-0.3, -0.25) is 4.79 Å². The Hall–Kier alpha value is -1.32. The third kappa shape index (κ3) is 3.41. The standard InChI is InChI=1S/C16H15BrClNO/c1-3-11-6-4-5-10(2)15(11)19-16(20)12-7-13(17)9-14(18)8-12/h4-9H,3H2,1-2H3,(H,19,20). The number of rotatable bonds is 3. The molecule has 4 heteroatoms. The molecule has 1 amide bonds. The summed E-state index contributed by atoms with van der Waals surface area (Å²) in [4.78, 5) is 12.3. The molecule has 2 rings (SSSR count). The minimum absolute atomic E-state index is 0.155. The van der Waals surface area contributed by atoms with Crippen LogP contribution in [0.2, 0.25) is 5.02 Å². The monoisotopic (exact) mass is 351 g/mol. The molecule has 0 bridgehead atoms. The van der Waals surface area contributed by atoms with Crippen LogP contribution in [0.1, 0.15) is 28.4 Å². The number of para-hydroxylation sites is 1. The topological polar surface area (TPSA) is 29.1 Å². The molecular formula is C16H15BrClNO. The third-order valence-electron chi connectivity index (χ3n) is 3.10. The van der Waals surface area contributed by atoms with Crippen LogP contribution >= 0.6 is 27.5 Å². The summed E-state index contributed by atoms with van der Waals surface area (Å²) in [5.74, 6) is -0.155. The van der Waals surface area contributed by atoms with Gasteiger partial charge in [-0.1, -0.05) is 52.7 Å². The zero-order valence-electron chi connectivity index (χ0n) is 11.3. The molecule has 0 aromatic heterocycles. The molecule has 0 aliphatic rings. The molecule has 0 radical (unpaired) electrons. The Bertz CT molecular complexity index is 635.